The molecule has 0 saturated carbocycles. The van der Waals surface area contributed by atoms with Crippen LogP contribution in [0.5, 0.6) is 0 Å². The van der Waals surface area contributed by atoms with Crippen molar-refractivity contribution >= 4 is 29.2 Å². The zero-order chi connectivity index (χ0) is 15.5. The van der Waals surface area contributed by atoms with Gasteiger partial charge in [0.2, 0.25) is 0 Å². The van der Waals surface area contributed by atoms with Gasteiger partial charge in [-0.15, -0.1) is 0 Å². The van der Waals surface area contributed by atoms with Gasteiger partial charge in [-0.25, -0.2) is 0 Å². The maximum absolute atomic E-state index is 12.3. The number of carbonyl (C=O) groups is 2. The van der Waals surface area contributed by atoms with Crippen LogP contribution < -0.4 is 5.32 Å². The standard InChI is InChI=1S/C11H15F3N2O3S/c1-6(2)5-7(15-9(18)11(12,13)14)8(17)16-3-4-19-10(16)20/h6-7H,3-5H2,1-2H3,(H,15,18). The lowest BCUT2D eigenvalue weighted by Crippen LogP contribution is -2.52. The lowest BCUT2D eigenvalue weighted by molar-refractivity contribution is -0.175. The minimum absolute atomic E-state index is 0.0745. The van der Waals surface area contributed by atoms with Crippen LogP contribution >= 0.6 is 12.2 Å². The van der Waals surface area contributed by atoms with Crippen LogP contribution in [0.15, 0.2) is 0 Å². The number of carbonyl (C=O) groups excluding carboxylic acids is 2. The number of hydrogen-bond acceptors (Lipinski definition) is 4. The maximum Gasteiger partial charge on any atom is 0.471 e. The molecule has 1 rings (SSSR count). The van der Waals surface area contributed by atoms with Gasteiger partial charge in [0.1, 0.15) is 12.6 Å². The largest absolute Gasteiger partial charge is 0.471 e. The molecule has 0 aromatic heterocycles. The highest BCUT2D eigenvalue weighted by Crippen LogP contribution is 2.17. The van der Waals surface area contributed by atoms with Gasteiger partial charge in [0.05, 0.1) is 6.54 Å². The Morgan fingerprint density at radius 2 is 2.05 bits per heavy atom. The summed E-state index contributed by atoms with van der Waals surface area (Å²) in [6, 6.07) is -1.27. The van der Waals surface area contributed by atoms with Gasteiger partial charge in [-0.05, 0) is 24.6 Å². The van der Waals surface area contributed by atoms with E-state index >= 15 is 0 Å². The molecule has 9 heteroatoms. The molecule has 0 aromatic rings. The molecule has 0 bridgehead atoms. The summed E-state index contributed by atoms with van der Waals surface area (Å²) in [5.74, 6) is -2.89. The van der Waals surface area contributed by atoms with Crippen LogP contribution in [0, 0.1) is 5.92 Å². The Labute approximate surface area is 119 Å². The van der Waals surface area contributed by atoms with Crippen molar-refractivity contribution in [3.63, 3.8) is 0 Å². The topological polar surface area (TPSA) is 58.6 Å². The summed E-state index contributed by atoms with van der Waals surface area (Å²) in [6.07, 6.45) is -4.95. The Bertz CT molecular complexity index is 412. The first-order valence-electron chi connectivity index (χ1n) is 5.98. The van der Waals surface area contributed by atoms with Crippen molar-refractivity contribution in [1.82, 2.24) is 10.2 Å². The number of nitrogens with zero attached hydrogens (tertiary/aromatic N) is 1. The van der Waals surface area contributed by atoms with E-state index in [1.54, 1.807) is 19.2 Å². The Morgan fingerprint density at radius 3 is 2.45 bits per heavy atom. The van der Waals surface area contributed by atoms with Gasteiger partial charge in [-0.3, -0.25) is 14.5 Å². The van der Waals surface area contributed by atoms with Gasteiger partial charge < -0.3 is 10.1 Å². The van der Waals surface area contributed by atoms with Gasteiger partial charge in [-0.2, -0.15) is 13.2 Å². The fourth-order valence-electron chi connectivity index (χ4n) is 1.71. The first-order chi connectivity index (χ1) is 9.12. The number of ether oxygens (including phenoxy) is 1. The number of alkyl halides is 3. The van der Waals surface area contributed by atoms with E-state index in [2.05, 4.69) is 0 Å². The van der Waals surface area contributed by atoms with Crippen LogP contribution in [-0.4, -0.2) is 47.3 Å². The highest BCUT2D eigenvalue weighted by atomic mass is 32.1. The van der Waals surface area contributed by atoms with Gasteiger partial charge in [0.15, 0.2) is 0 Å². The third-order valence-electron chi connectivity index (χ3n) is 2.59. The molecule has 5 nitrogen and oxygen atoms in total. The summed E-state index contributed by atoms with van der Waals surface area (Å²) in [6.45, 7) is 3.85. The van der Waals surface area contributed by atoms with Crippen molar-refractivity contribution in [1.29, 1.82) is 0 Å². The molecule has 0 aliphatic carbocycles. The summed E-state index contributed by atoms with van der Waals surface area (Å²) in [5, 5.41) is 1.64. The molecule has 1 saturated heterocycles. The summed E-state index contributed by atoms with van der Waals surface area (Å²) in [7, 11) is 0. The van der Waals surface area contributed by atoms with Crippen molar-refractivity contribution in [2.24, 2.45) is 5.92 Å². The van der Waals surface area contributed by atoms with E-state index in [9.17, 15) is 22.8 Å². The molecule has 0 radical (unpaired) electrons. The van der Waals surface area contributed by atoms with Crippen LogP contribution in [0.3, 0.4) is 0 Å². The number of halogens is 3. The van der Waals surface area contributed by atoms with Gasteiger partial charge >= 0.3 is 12.1 Å². The van der Waals surface area contributed by atoms with Crippen molar-refractivity contribution < 1.29 is 27.5 Å². The number of thiocarbonyl (C=S) groups is 1. The maximum atomic E-state index is 12.3. The fourth-order valence-corrected chi connectivity index (χ4v) is 1.98. The number of hydrogen-bond donors (Lipinski definition) is 1. The number of amides is 2. The van der Waals surface area contributed by atoms with Gasteiger partial charge in [0, 0.05) is 0 Å². The van der Waals surface area contributed by atoms with Crippen molar-refractivity contribution in [2.45, 2.75) is 32.5 Å². The Morgan fingerprint density at radius 1 is 1.45 bits per heavy atom. The van der Waals surface area contributed by atoms with E-state index in [1.165, 1.54) is 0 Å². The Balaban J connectivity index is 2.81. The Kier molecular flexibility index (Phi) is 5.32. The first kappa shape index (κ1) is 16.7. The van der Waals surface area contributed by atoms with Crippen LogP contribution in [0.2, 0.25) is 0 Å². The third kappa shape index (κ3) is 4.32. The Hall–Kier alpha value is -1.38. The van der Waals surface area contributed by atoms with Gasteiger partial charge in [-0.1, -0.05) is 13.8 Å². The fraction of sp³-hybridized carbons (Fsp3) is 0.727. The third-order valence-corrected chi connectivity index (χ3v) is 2.93. The average Bonchev–Trinajstić information content (AvgIpc) is 2.71. The molecular weight excluding hydrogens is 297 g/mol. The highest BCUT2D eigenvalue weighted by Gasteiger charge is 2.42. The molecule has 1 aliphatic heterocycles. The van der Waals surface area contributed by atoms with Crippen LogP contribution in [0.4, 0.5) is 13.2 Å². The number of nitrogens with one attached hydrogen (secondary N) is 1. The quantitative estimate of drug-likeness (QED) is 0.793. The van der Waals surface area contributed by atoms with Gasteiger partial charge in [0.25, 0.3) is 11.1 Å². The van der Waals surface area contributed by atoms with E-state index in [4.69, 9.17) is 17.0 Å². The van der Waals surface area contributed by atoms with Crippen LogP contribution in [0.25, 0.3) is 0 Å². The molecule has 0 aromatic carbocycles. The predicted octanol–water partition coefficient (Wildman–Crippen LogP) is 1.22. The normalized spacial score (nSPS) is 17.1. The van der Waals surface area contributed by atoms with E-state index in [0.717, 1.165) is 4.90 Å². The minimum atomic E-state index is -5.03. The second-order valence-electron chi connectivity index (χ2n) is 4.76. The van der Waals surface area contributed by atoms with Crippen molar-refractivity contribution in [3.8, 4) is 0 Å². The molecule has 1 N–H and O–H groups in total. The zero-order valence-corrected chi connectivity index (χ0v) is 11.8. The van der Waals surface area contributed by atoms with E-state index in [0.29, 0.717) is 0 Å². The molecule has 1 unspecified atom stereocenters. The van der Waals surface area contributed by atoms with E-state index in [-0.39, 0.29) is 30.7 Å². The second kappa shape index (κ2) is 6.38. The molecule has 2 amide bonds. The average molecular weight is 312 g/mol. The molecule has 1 aliphatic rings. The lowest BCUT2D eigenvalue weighted by atomic mass is 10.0. The monoisotopic (exact) mass is 312 g/mol. The van der Waals surface area contributed by atoms with Crippen molar-refractivity contribution in [3.05, 3.63) is 0 Å². The molecule has 20 heavy (non-hydrogen) atoms. The summed E-state index contributed by atoms with van der Waals surface area (Å²) < 4.78 is 41.7. The van der Waals surface area contributed by atoms with Crippen molar-refractivity contribution in [2.75, 3.05) is 13.2 Å². The second-order valence-corrected chi connectivity index (χ2v) is 5.11. The molecular formula is C11H15F3N2O3S. The molecule has 1 heterocycles. The smallest absolute Gasteiger partial charge is 0.469 e. The minimum Gasteiger partial charge on any atom is -0.469 e. The summed E-state index contributed by atoms with van der Waals surface area (Å²) >= 11 is 4.78. The van der Waals surface area contributed by atoms with Crippen LogP contribution in [-0.2, 0) is 14.3 Å². The zero-order valence-electron chi connectivity index (χ0n) is 11.0. The lowest BCUT2D eigenvalue weighted by Gasteiger charge is -2.24. The van der Waals surface area contributed by atoms with E-state index < -0.39 is 24.0 Å². The molecule has 1 fully saturated rings. The molecule has 114 valence electrons. The molecule has 1 atom stereocenters. The SMILES string of the molecule is CC(C)CC(NC(=O)C(F)(F)F)C(=O)N1CCOC1=S. The first-order valence-corrected chi connectivity index (χ1v) is 6.39. The van der Waals surface area contributed by atoms with Crippen LogP contribution in [0.1, 0.15) is 20.3 Å². The van der Waals surface area contributed by atoms with E-state index in [1.807, 2.05) is 0 Å². The predicted molar refractivity (Wildman–Crippen MR) is 67.7 cm³/mol. The summed E-state index contributed by atoms with van der Waals surface area (Å²) in [4.78, 5) is 24.2. The highest BCUT2D eigenvalue weighted by molar-refractivity contribution is 7.80. The number of rotatable bonds is 4. The summed E-state index contributed by atoms with van der Waals surface area (Å²) in [5.41, 5.74) is 0. The molecule has 0 spiro atoms.